The highest BCUT2D eigenvalue weighted by Gasteiger charge is 2.48. The van der Waals surface area contributed by atoms with Gasteiger partial charge in [0.15, 0.2) is 5.76 Å². The van der Waals surface area contributed by atoms with E-state index in [9.17, 15) is 4.79 Å². The molecule has 1 amide bonds. The number of piperazine rings is 1. The first-order chi connectivity index (χ1) is 10.2. The Labute approximate surface area is 122 Å². The van der Waals surface area contributed by atoms with E-state index in [1.165, 1.54) is 0 Å². The third kappa shape index (κ3) is 1.98. The molecule has 6 nitrogen and oxygen atoms in total. The van der Waals surface area contributed by atoms with Gasteiger partial charge in [-0.15, -0.1) is 0 Å². The van der Waals surface area contributed by atoms with Crippen molar-refractivity contribution in [1.82, 2.24) is 14.9 Å². The molecule has 108 valence electrons. The van der Waals surface area contributed by atoms with Crippen molar-refractivity contribution in [3.8, 4) is 0 Å². The van der Waals surface area contributed by atoms with Gasteiger partial charge >= 0.3 is 0 Å². The van der Waals surface area contributed by atoms with Gasteiger partial charge in [0, 0.05) is 24.8 Å². The molecule has 2 aromatic heterocycles. The van der Waals surface area contributed by atoms with Gasteiger partial charge in [-0.3, -0.25) is 4.79 Å². The van der Waals surface area contributed by atoms with Crippen molar-refractivity contribution < 1.29 is 9.21 Å². The lowest BCUT2D eigenvalue weighted by Crippen LogP contribution is -2.70. The first-order valence-electron chi connectivity index (χ1n) is 7.12. The van der Waals surface area contributed by atoms with Gasteiger partial charge in [0.05, 0.1) is 18.3 Å². The molecule has 3 fully saturated rings. The summed E-state index contributed by atoms with van der Waals surface area (Å²) in [7, 11) is 0. The zero-order valence-corrected chi connectivity index (χ0v) is 11.8. The molecular formula is C15H16N4O2. The molecule has 21 heavy (non-hydrogen) atoms. The van der Waals surface area contributed by atoms with Crippen LogP contribution in [0.4, 0.5) is 5.82 Å². The molecule has 5 rings (SSSR count). The fourth-order valence-corrected chi connectivity index (χ4v) is 3.27. The molecule has 0 radical (unpaired) electrons. The normalized spacial score (nSPS) is 23.9. The van der Waals surface area contributed by atoms with E-state index in [4.69, 9.17) is 4.42 Å². The maximum atomic E-state index is 12.4. The minimum absolute atomic E-state index is 0.000215. The molecule has 3 aliphatic rings. The van der Waals surface area contributed by atoms with E-state index in [1.54, 1.807) is 24.7 Å². The molecule has 0 aliphatic carbocycles. The Hall–Kier alpha value is -2.37. The molecule has 0 N–H and O–H groups in total. The number of amides is 1. The molecule has 3 saturated heterocycles. The van der Waals surface area contributed by atoms with E-state index in [2.05, 4.69) is 14.9 Å². The van der Waals surface area contributed by atoms with Crippen LogP contribution in [-0.2, 0) is 0 Å². The Balaban J connectivity index is 1.50. The molecule has 0 saturated carbocycles. The number of furan rings is 1. The van der Waals surface area contributed by atoms with Crippen LogP contribution in [0, 0.1) is 6.92 Å². The van der Waals surface area contributed by atoms with Crippen LogP contribution in [0.2, 0.25) is 0 Å². The largest absolute Gasteiger partial charge is 0.459 e. The van der Waals surface area contributed by atoms with E-state index >= 15 is 0 Å². The SMILES string of the molecule is Cc1cc(N2CC3CC(C2)N3C(=O)c2ccco2)ncn1. The minimum Gasteiger partial charge on any atom is -0.459 e. The van der Waals surface area contributed by atoms with E-state index in [-0.39, 0.29) is 18.0 Å². The van der Waals surface area contributed by atoms with Crippen LogP contribution in [0.5, 0.6) is 0 Å². The average Bonchev–Trinajstić information content (AvgIpc) is 3.01. The number of carbonyl (C=O) groups excluding carboxylic acids is 1. The lowest BCUT2D eigenvalue weighted by Gasteiger charge is -2.56. The Bertz CT molecular complexity index is 658. The van der Waals surface area contributed by atoms with Crippen molar-refractivity contribution in [2.45, 2.75) is 25.4 Å². The average molecular weight is 284 g/mol. The molecule has 3 aliphatic heterocycles. The van der Waals surface area contributed by atoms with Crippen molar-refractivity contribution in [2.24, 2.45) is 0 Å². The van der Waals surface area contributed by atoms with E-state index in [1.807, 2.05) is 17.9 Å². The van der Waals surface area contributed by atoms with E-state index < -0.39 is 0 Å². The predicted molar refractivity (Wildman–Crippen MR) is 76.1 cm³/mol. The molecule has 2 unspecified atom stereocenters. The van der Waals surface area contributed by atoms with Crippen LogP contribution < -0.4 is 4.90 Å². The molecular weight excluding hydrogens is 268 g/mol. The van der Waals surface area contributed by atoms with Crippen molar-refractivity contribution in [3.63, 3.8) is 0 Å². The summed E-state index contributed by atoms with van der Waals surface area (Å²) >= 11 is 0. The number of piperidine rings is 1. The van der Waals surface area contributed by atoms with Crippen molar-refractivity contribution in [2.75, 3.05) is 18.0 Å². The second kappa shape index (κ2) is 4.58. The quantitative estimate of drug-likeness (QED) is 0.836. The summed E-state index contributed by atoms with van der Waals surface area (Å²) in [5, 5.41) is 0. The third-order valence-electron chi connectivity index (χ3n) is 4.27. The molecule has 0 spiro atoms. The second-order valence-corrected chi connectivity index (χ2v) is 5.66. The van der Waals surface area contributed by atoms with Gasteiger partial charge in [-0.25, -0.2) is 9.97 Å². The lowest BCUT2D eigenvalue weighted by atomic mass is 9.87. The fourth-order valence-electron chi connectivity index (χ4n) is 3.27. The van der Waals surface area contributed by atoms with E-state index in [0.717, 1.165) is 31.0 Å². The maximum absolute atomic E-state index is 12.4. The smallest absolute Gasteiger partial charge is 0.290 e. The lowest BCUT2D eigenvalue weighted by molar-refractivity contribution is 0.00314. The number of aryl methyl sites for hydroxylation is 1. The zero-order chi connectivity index (χ0) is 14.4. The summed E-state index contributed by atoms with van der Waals surface area (Å²) in [6.45, 7) is 3.60. The number of nitrogens with zero attached hydrogens (tertiary/aromatic N) is 4. The Morgan fingerprint density at radius 2 is 2.14 bits per heavy atom. The number of anilines is 1. The van der Waals surface area contributed by atoms with Crippen LogP contribution >= 0.6 is 0 Å². The summed E-state index contributed by atoms with van der Waals surface area (Å²) in [5.41, 5.74) is 0.961. The summed E-state index contributed by atoms with van der Waals surface area (Å²) in [4.78, 5) is 25.0. The molecule has 2 atom stereocenters. The first-order valence-corrected chi connectivity index (χ1v) is 7.12. The molecule has 2 bridgehead atoms. The topological polar surface area (TPSA) is 62.5 Å². The van der Waals surface area contributed by atoms with Crippen molar-refractivity contribution in [3.05, 3.63) is 42.2 Å². The van der Waals surface area contributed by atoms with Gasteiger partial charge in [-0.05, 0) is 25.5 Å². The molecule has 6 heteroatoms. The fraction of sp³-hybridized carbons (Fsp3) is 0.400. The van der Waals surface area contributed by atoms with E-state index in [0.29, 0.717) is 5.76 Å². The molecule has 5 heterocycles. The number of carbonyl (C=O) groups is 1. The highest BCUT2D eigenvalue weighted by molar-refractivity contribution is 5.92. The van der Waals surface area contributed by atoms with Crippen LogP contribution in [0.25, 0.3) is 0 Å². The van der Waals surface area contributed by atoms with Gasteiger partial charge < -0.3 is 14.2 Å². The predicted octanol–water partition coefficient (Wildman–Crippen LogP) is 1.48. The number of fused-ring (bicyclic) bond motifs is 2. The highest BCUT2D eigenvalue weighted by atomic mass is 16.3. The summed E-state index contributed by atoms with van der Waals surface area (Å²) in [6.07, 6.45) is 4.20. The van der Waals surface area contributed by atoms with Gasteiger partial charge in [0.25, 0.3) is 5.91 Å². The van der Waals surface area contributed by atoms with Gasteiger partial charge in [0.2, 0.25) is 0 Å². The number of hydrogen-bond acceptors (Lipinski definition) is 5. The Kier molecular flexibility index (Phi) is 2.70. The van der Waals surface area contributed by atoms with Crippen molar-refractivity contribution in [1.29, 1.82) is 0 Å². The monoisotopic (exact) mass is 284 g/mol. The van der Waals surface area contributed by atoms with Crippen LogP contribution in [0.3, 0.4) is 0 Å². The first kappa shape index (κ1) is 12.4. The number of aromatic nitrogens is 2. The molecule has 2 aromatic rings. The van der Waals surface area contributed by atoms with Crippen LogP contribution in [0.15, 0.2) is 35.2 Å². The summed E-state index contributed by atoms with van der Waals surface area (Å²) in [6, 6.07) is 5.96. The Morgan fingerprint density at radius 1 is 1.33 bits per heavy atom. The van der Waals surface area contributed by atoms with Gasteiger partial charge in [-0.1, -0.05) is 0 Å². The third-order valence-corrected chi connectivity index (χ3v) is 4.27. The summed E-state index contributed by atoms with van der Waals surface area (Å²) in [5.74, 6) is 1.37. The second-order valence-electron chi connectivity index (χ2n) is 5.66. The van der Waals surface area contributed by atoms with Crippen LogP contribution in [-0.4, -0.2) is 45.9 Å². The minimum atomic E-state index is -0.000215. The number of hydrogen-bond donors (Lipinski definition) is 0. The van der Waals surface area contributed by atoms with Crippen LogP contribution in [0.1, 0.15) is 22.7 Å². The molecule has 0 aromatic carbocycles. The Morgan fingerprint density at radius 3 is 2.81 bits per heavy atom. The standard InChI is InChI=1S/C15H16N4O2/c1-10-5-14(17-9-16-10)18-7-11-6-12(8-18)19(11)15(20)13-3-2-4-21-13/h2-5,9,11-12H,6-8H2,1H3. The number of rotatable bonds is 2. The van der Waals surface area contributed by atoms with Crippen molar-refractivity contribution >= 4 is 11.7 Å². The zero-order valence-electron chi connectivity index (χ0n) is 11.8. The summed E-state index contributed by atoms with van der Waals surface area (Å²) < 4.78 is 5.22. The maximum Gasteiger partial charge on any atom is 0.290 e. The highest BCUT2D eigenvalue weighted by Crippen LogP contribution is 2.35. The van der Waals surface area contributed by atoms with Gasteiger partial charge in [0.1, 0.15) is 12.1 Å². The van der Waals surface area contributed by atoms with Gasteiger partial charge in [-0.2, -0.15) is 0 Å².